The summed E-state index contributed by atoms with van der Waals surface area (Å²) in [5.74, 6) is 0.804. The predicted octanol–water partition coefficient (Wildman–Crippen LogP) is 3.42. The van der Waals surface area contributed by atoms with Crippen molar-refractivity contribution in [2.24, 2.45) is 5.92 Å². The van der Waals surface area contributed by atoms with Gasteiger partial charge in [-0.1, -0.05) is 39.0 Å². The summed E-state index contributed by atoms with van der Waals surface area (Å²) in [7, 11) is 0. The van der Waals surface area contributed by atoms with E-state index in [-0.39, 0.29) is 0 Å². The molecule has 2 rings (SSSR count). The van der Waals surface area contributed by atoms with Gasteiger partial charge in [-0.15, -0.1) is 0 Å². The summed E-state index contributed by atoms with van der Waals surface area (Å²) in [6.07, 6.45) is 11.6. The minimum Gasteiger partial charge on any atom is -0.314 e. The van der Waals surface area contributed by atoms with Gasteiger partial charge in [0.2, 0.25) is 0 Å². The van der Waals surface area contributed by atoms with E-state index in [1.807, 2.05) is 0 Å². The summed E-state index contributed by atoms with van der Waals surface area (Å²) < 4.78 is 0. The molecule has 2 aliphatic rings. The van der Waals surface area contributed by atoms with Crippen molar-refractivity contribution >= 4 is 0 Å². The topological polar surface area (TPSA) is 15.3 Å². The molecule has 1 heterocycles. The molecule has 18 heavy (non-hydrogen) atoms. The van der Waals surface area contributed by atoms with Gasteiger partial charge >= 0.3 is 0 Å². The lowest BCUT2D eigenvalue weighted by Gasteiger charge is -2.37. The van der Waals surface area contributed by atoms with Gasteiger partial charge in [0.1, 0.15) is 0 Å². The van der Waals surface area contributed by atoms with Gasteiger partial charge in [-0.2, -0.15) is 0 Å². The van der Waals surface area contributed by atoms with Crippen molar-refractivity contribution in [2.45, 2.75) is 77.3 Å². The molecule has 0 aromatic rings. The van der Waals surface area contributed by atoms with Crippen LogP contribution in [-0.2, 0) is 0 Å². The van der Waals surface area contributed by atoms with Crippen LogP contribution in [0, 0.1) is 5.92 Å². The first-order valence-electron chi connectivity index (χ1n) is 8.23. The number of hydrogen-bond donors (Lipinski definition) is 1. The molecule has 1 aliphatic heterocycles. The second-order valence-corrected chi connectivity index (χ2v) is 6.70. The monoisotopic (exact) mass is 252 g/mol. The van der Waals surface area contributed by atoms with Crippen LogP contribution in [0.25, 0.3) is 0 Å². The van der Waals surface area contributed by atoms with E-state index in [4.69, 9.17) is 0 Å². The van der Waals surface area contributed by atoms with E-state index in [0.717, 1.165) is 12.0 Å². The van der Waals surface area contributed by atoms with Crippen molar-refractivity contribution in [1.82, 2.24) is 10.2 Å². The average molecular weight is 252 g/mol. The Hall–Kier alpha value is -0.0800. The van der Waals surface area contributed by atoms with Crippen LogP contribution in [0.5, 0.6) is 0 Å². The van der Waals surface area contributed by atoms with Crippen molar-refractivity contribution in [2.75, 3.05) is 19.6 Å². The number of nitrogens with one attached hydrogen (secondary N) is 1. The Morgan fingerprint density at radius 2 is 1.56 bits per heavy atom. The van der Waals surface area contributed by atoms with Crippen molar-refractivity contribution in [1.29, 1.82) is 0 Å². The van der Waals surface area contributed by atoms with Gasteiger partial charge in [-0.05, 0) is 45.2 Å². The molecule has 0 bridgehead atoms. The van der Waals surface area contributed by atoms with Gasteiger partial charge < -0.3 is 10.2 Å². The molecule has 2 nitrogen and oxygen atoms in total. The molecule has 2 atom stereocenters. The molecule has 0 aromatic carbocycles. The Bertz CT molecular complexity index is 221. The molecule has 2 fully saturated rings. The van der Waals surface area contributed by atoms with E-state index in [9.17, 15) is 0 Å². The molecule has 0 aromatic heterocycles. The average Bonchev–Trinajstić information content (AvgIpc) is 2.30. The highest BCUT2D eigenvalue weighted by atomic mass is 15.2. The highest BCUT2D eigenvalue weighted by Crippen LogP contribution is 2.23. The van der Waals surface area contributed by atoms with Crippen molar-refractivity contribution < 1.29 is 0 Å². The van der Waals surface area contributed by atoms with E-state index in [0.29, 0.717) is 6.04 Å². The van der Waals surface area contributed by atoms with Crippen LogP contribution in [0.3, 0.4) is 0 Å². The Labute approximate surface area is 114 Å². The van der Waals surface area contributed by atoms with Crippen molar-refractivity contribution in [3.63, 3.8) is 0 Å². The lowest BCUT2D eigenvalue weighted by molar-refractivity contribution is 0.126. The Balaban J connectivity index is 1.90. The van der Waals surface area contributed by atoms with E-state index >= 15 is 0 Å². The zero-order valence-corrected chi connectivity index (χ0v) is 12.5. The standard InChI is InChI=1S/C16H32N2/c1-14-12-17-15(2)10-11-18(13-14)16-8-6-4-3-5-7-9-16/h14-17H,3-13H2,1-2H3. The number of nitrogens with zero attached hydrogens (tertiary/aromatic N) is 1. The van der Waals surface area contributed by atoms with Crippen LogP contribution in [0.1, 0.15) is 65.2 Å². The molecule has 106 valence electrons. The smallest absolute Gasteiger partial charge is 0.00953 e. The van der Waals surface area contributed by atoms with Crippen molar-refractivity contribution in [3.05, 3.63) is 0 Å². The molecule has 1 aliphatic carbocycles. The zero-order valence-electron chi connectivity index (χ0n) is 12.5. The lowest BCUT2D eigenvalue weighted by Crippen LogP contribution is -2.46. The van der Waals surface area contributed by atoms with Crippen LogP contribution in [0.4, 0.5) is 0 Å². The first-order chi connectivity index (χ1) is 8.75. The Kier molecular flexibility index (Phi) is 5.97. The van der Waals surface area contributed by atoms with Gasteiger partial charge in [0, 0.05) is 18.6 Å². The second kappa shape index (κ2) is 7.49. The molecule has 2 unspecified atom stereocenters. The maximum atomic E-state index is 3.65. The number of rotatable bonds is 1. The highest BCUT2D eigenvalue weighted by molar-refractivity contribution is 4.80. The molecule has 0 amide bonds. The fourth-order valence-corrected chi connectivity index (χ4v) is 3.55. The Morgan fingerprint density at radius 3 is 2.28 bits per heavy atom. The maximum Gasteiger partial charge on any atom is 0.00953 e. The first-order valence-corrected chi connectivity index (χ1v) is 8.23. The first kappa shape index (κ1) is 14.3. The summed E-state index contributed by atoms with van der Waals surface area (Å²) in [6.45, 7) is 8.56. The van der Waals surface area contributed by atoms with E-state index < -0.39 is 0 Å². The molecular weight excluding hydrogens is 220 g/mol. The SMILES string of the molecule is CC1CNC(C)CCN(C2CCCCCCC2)C1. The third kappa shape index (κ3) is 4.55. The molecule has 0 radical (unpaired) electrons. The van der Waals surface area contributed by atoms with E-state index in [1.165, 1.54) is 71.0 Å². The van der Waals surface area contributed by atoms with E-state index in [2.05, 4.69) is 24.1 Å². The molecule has 0 spiro atoms. The van der Waals surface area contributed by atoms with Gasteiger partial charge in [0.05, 0.1) is 0 Å². The molecule has 1 saturated heterocycles. The predicted molar refractivity (Wildman–Crippen MR) is 78.9 cm³/mol. The number of hydrogen-bond acceptors (Lipinski definition) is 2. The third-order valence-corrected chi connectivity index (χ3v) is 4.80. The fraction of sp³-hybridized carbons (Fsp3) is 1.00. The zero-order chi connectivity index (χ0) is 12.8. The Morgan fingerprint density at radius 1 is 0.889 bits per heavy atom. The molecule has 1 saturated carbocycles. The van der Waals surface area contributed by atoms with Gasteiger partial charge in [0.15, 0.2) is 0 Å². The van der Waals surface area contributed by atoms with Crippen LogP contribution in [-0.4, -0.2) is 36.6 Å². The fourth-order valence-electron chi connectivity index (χ4n) is 3.55. The van der Waals surface area contributed by atoms with Gasteiger partial charge in [-0.25, -0.2) is 0 Å². The summed E-state index contributed by atoms with van der Waals surface area (Å²) in [5.41, 5.74) is 0. The summed E-state index contributed by atoms with van der Waals surface area (Å²) >= 11 is 0. The molecule has 1 N–H and O–H groups in total. The quantitative estimate of drug-likeness (QED) is 0.769. The van der Waals surface area contributed by atoms with Gasteiger partial charge in [0.25, 0.3) is 0 Å². The summed E-state index contributed by atoms with van der Waals surface area (Å²) in [4.78, 5) is 2.83. The normalized spacial score (nSPS) is 34.3. The van der Waals surface area contributed by atoms with E-state index in [1.54, 1.807) is 0 Å². The van der Waals surface area contributed by atoms with Crippen LogP contribution < -0.4 is 5.32 Å². The van der Waals surface area contributed by atoms with Gasteiger partial charge in [-0.3, -0.25) is 0 Å². The lowest BCUT2D eigenvalue weighted by atomic mass is 9.94. The van der Waals surface area contributed by atoms with Crippen LogP contribution in [0.2, 0.25) is 0 Å². The molecular formula is C16H32N2. The minimum absolute atomic E-state index is 0.698. The maximum absolute atomic E-state index is 3.65. The largest absolute Gasteiger partial charge is 0.314 e. The van der Waals surface area contributed by atoms with Crippen LogP contribution >= 0.6 is 0 Å². The molecule has 2 heteroatoms. The second-order valence-electron chi connectivity index (χ2n) is 6.70. The highest BCUT2D eigenvalue weighted by Gasteiger charge is 2.23. The third-order valence-electron chi connectivity index (χ3n) is 4.80. The van der Waals surface area contributed by atoms with Crippen LogP contribution in [0.15, 0.2) is 0 Å². The minimum atomic E-state index is 0.698. The summed E-state index contributed by atoms with van der Waals surface area (Å²) in [6, 6.07) is 1.59. The van der Waals surface area contributed by atoms with Crippen molar-refractivity contribution in [3.8, 4) is 0 Å². The summed E-state index contributed by atoms with van der Waals surface area (Å²) in [5, 5.41) is 3.65.